The van der Waals surface area contributed by atoms with Crippen LogP contribution in [0.2, 0.25) is 0 Å². The van der Waals surface area contributed by atoms with Crippen LogP contribution in [-0.2, 0) is 4.79 Å². The van der Waals surface area contributed by atoms with Gasteiger partial charge < -0.3 is 10.2 Å². The number of carbonyl (C=O) groups is 2. The summed E-state index contributed by atoms with van der Waals surface area (Å²) in [5, 5.41) is 2.95. The molecule has 0 saturated carbocycles. The summed E-state index contributed by atoms with van der Waals surface area (Å²) in [4.78, 5) is 31.9. The summed E-state index contributed by atoms with van der Waals surface area (Å²) in [6, 6.07) is 20.2. The minimum atomic E-state index is -0.522. The van der Waals surface area contributed by atoms with Gasteiger partial charge in [0.05, 0.1) is 23.8 Å². The van der Waals surface area contributed by atoms with Crippen LogP contribution in [0.5, 0.6) is 0 Å². The molecule has 3 aromatic rings. The van der Waals surface area contributed by atoms with Crippen LogP contribution < -0.4 is 5.32 Å². The fourth-order valence-corrected chi connectivity index (χ4v) is 3.68. The first-order valence-electron chi connectivity index (χ1n) is 8.79. The highest BCUT2D eigenvalue weighted by Gasteiger charge is 2.42. The Morgan fingerprint density at radius 1 is 1.00 bits per heavy atom. The first kappa shape index (κ1) is 17.0. The lowest BCUT2D eigenvalue weighted by molar-refractivity contribution is -0.119. The van der Waals surface area contributed by atoms with Crippen molar-refractivity contribution < 1.29 is 9.59 Å². The molecule has 2 amide bonds. The van der Waals surface area contributed by atoms with E-state index in [2.05, 4.69) is 10.3 Å². The highest BCUT2D eigenvalue weighted by Crippen LogP contribution is 2.42. The fourth-order valence-electron chi connectivity index (χ4n) is 3.68. The molecule has 0 saturated heterocycles. The summed E-state index contributed by atoms with van der Waals surface area (Å²) >= 11 is 0. The van der Waals surface area contributed by atoms with Gasteiger partial charge in [-0.15, -0.1) is 0 Å². The van der Waals surface area contributed by atoms with Gasteiger partial charge in [0.15, 0.2) is 0 Å². The van der Waals surface area contributed by atoms with E-state index in [1.807, 2.05) is 48.5 Å². The van der Waals surface area contributed by atoms with E-state index in [1.54, 1.807) is 42.5 Å². The van der Waals surface area contributed by atoms with Gasteiger partial charge in [0, 0.05) is 18.8 Å². The minimum absolute atomic E-state index is 0.0788. The third-order valence-corrected chi connectivity index (χ3v) is 4.93. The lowest BCUT2D eigenvalue weighted by Gasteiger charge is -2.39. The predicted octanol–water partition coefficient (Wildman–Crippen LogP) is 3.63. The summed E-state index contributed by atoms with van der Waals surface area (Å²) in [5.41, 5.74) is 2.87. The van der Waals surface area contributed by atoms with Gasteiger partial charge in [-0.2, -0.15) is 0 Å². The number of hydrogen-bond acceptors (Lipinski definition) is 3. The summed E-state index contributed by atoms with van der Waals surface area (Å²) in [7, 11) is 1.75. The van der Waals surface area contributed by atoms with Crippen LogP contribution in [0.15, 0.2) is 79.1 Å². The SMILES string of the molecule is CN1C(=O)c2ccccc2[C@H](C(=O)Nc2cccnc2)[C@H]1c1ccccc1. The predicted molar refractivity (Wildman–Crippen MR) is 103 cm³/mol. The second kappa shape index (κ2) is 7.03. The van der Waals surface area contributed by atoms with Crippen LogP contribution in [0.3, 0.4) is 0 Å². The number of likely N-dealkylation sites (N-methyl/N-ethyl adjacent to an activating group) is 1. The monoisotopic (exact) mass is 357 g/mol. The molecule has 5 nitrogen and oxygen atoms in total. The number of anilines is 1. The van der Waals surface area contributed by atoms with E-state index in [4.69, 9.17) is 0 Å². The maximum atomic E-state index is 13.3. The number of rotatable bonds is 3. The molecule has 4 rings (SSSR count). The number of fused-ring (bicyclic) bond motifs is 1. The van der Waals surface area contributed by atoms with Crippen LogP contribution >= 0.6 is 0 Å². The molecule has 0 fully saturated rings. The molecule has 1 aromatic heterocycles. The molecule has 0 unspecified atom stereocenters. The quantitative estimate of drug-likeness (QED) is 0.779. The third kappa shape index (κ3) is 3.08. The standard InChI is InChI=1S/C22H19N3O2/c1-25-20(15-8-3-2-4-9-15)19(17-11-5-6-12-18(17)22(25)27)21(26)24-16-10-7-13-23-14-16/h2-14,19-20H,1H3,(H,24,26)/t19-,20+/m0/s1. The average Bonchev–Trinajstić information content (AvgIpc) is 2.72. The largest absolute Gasteiger partial charge is 0.334 e. The van der Waals surface area contributed by atoms with E-state index >= 15 is 0 Å². The smallest absolute Gasteiger partial charge is 0.254 e. The van der Waals surface area contributed by atoms with E-state index in [1.165, 1.54) is 0 Å². The topological polar surface area (TPSA) is 62.3 Å². The Labute approximate surface area is 157 Å². The summed E-state index contributed by atoms with van der Waals surface area (Å²) in [6.07, 6.45) is 3.27. The fraction of sp³-hybridized carbons (Fsp3) is 0.136. The number of benzene rings is 2. The van der Waals surface area contributed by atoms with Gasteiger partial charge >= 0.3 is 0 Å². The highest BCUT2D eigenvalue weighted by molar-refractivity contribution is 6.04. The first-order valence-corrected chi connectivity index (χ1v) is 8.79. The van der Waals surface area contributed by atoms with Crippen molar-refractivity contribution in [1.82, 2.24) is 9.88 Å². The number of hydrogen-bond donors (Lipinski definition) is 1. The van der Waals surface area contributed by atoms with Crippen molar-refractivity contribution >= 4 is 17.5 Å². The molecule has 2 aromatic carbocycles. The number of aromatic nitrogens is 1. The minimum Gasteiger partial charge on any atom is -0.334 e. The van der Waals surface area contributed by atoms with Crippen molar-refractivity contribution in [2.75, 3.05) is 12.4 Å². The van der Waals surface area contributed by atoms with Crippen LogP contribution in [-0.4, -0.2) is 28.7 Å². The average molecular weight is 357 g/mol. The summed E-state index contributed by atoms with van der Waals surface area (Å²) in [6.45, 7) is 0. The number of amides is 2. The molecule has 0 aliphatic carbocycles. The van der Waals surface area contributed by atoms with Crippen molar-refractivity contribution in [2.45, 2.75) is 12.0 Å². The maximum Gasteiger partial charge on any atom is 0.254 e. The van der Waals surface area contributed by atoms with Gasteiger partial charge in [0.1, 0.15) is 0 Å². The van der Waals surface area contributed by atoms with Gasteiger partial charge in [-0.25, -0.2) is 0 Å². The molecule has 0 bridgehead atoms. The van der Waals surface area contributed by atoms with E-state index in [-0.39, 0.29) is 17.9 Å². The van der Waals surface area contributed by atoms with Crippen molar-refractivity contribution in [1.29, 1.82) is 0 Å². The molecule has 0 radical (unpaired) electrons. The van der Waals surface area contributed by atoms with Crippen molar-refractivity contribution in [3.8, 4) is 0 Å². The van der Waals surface area contributed by atoms with Crippen LogP contribution in [0.4, 0.5) is 5.69 Å². The van der Waals surface area contributed by atoms with Gasteiger partial charge in [-0.3, -0.25) is 14.6 Å². The lowest BCUT2D eigenvalue weighted by Crippen LogP contribution is -2.44. The van der Waals surface area contributed by atoms with E-state index < -0.39 is 5.92 Å². The molecule has 134 valence electrons. The van der Waals surface area contributed by atoms with Gasteiger partial charge in [-0.1, -0.05) is 48.5 Å². The Kier molecular flexibility index (Phi) is 4.42. The maximum absolute atomic E-state index is 13.3. The Morgan fingerprint density at radius 2 is 1.74 bits per heavy atom. The number of nitrogens with one attached hydrogen (secondary N) is 1. The Bertz CT molecular complexity index is 973. The normalized spacial score (nSPS) is 18.7. The Morgan fingerprint density at radius 3 is 2.48 bits per heavy atom. The van der Waals surface area contributed by atoms with Crippen LogP contribution in [0.1, 0.15) is 33.4 Å². The molecular formula is C22H19N3O2. The summed E-state index contributed by atoms with van der Waals surface area (Å²) < 4.78 is 0. The van der Waals surface area contributed by atoms with E-state index in [0.717, 1.165) is 11.1 Å². The second-order valence-corrected chi connectivity index (χ2v) is 6.57. The third-order valence-electron chi connectivity index (χ3n) is 4.93. The van der Waals surface area contributed by atoms with E-state index in [0.29, 0.717) is 11.3 Å². The molecule has 2 heterocycles. The van der Waals surface area contributed by atoms with Crippen molar-refractivity contribution in [3.05, 3.63) is 95.8 Å². The zero-order valence-electron chi connectivity index (χ0n) is 14.9. The zero-order valence-corrected chi connectivity index (χ0v) is 14.9. The molecular weight excluding hydrogens is 338 g/mol. The van der Waals surface area contributed by atoms with Gasteiger partial charge in [0.25, 0.3) is 5.91 Å². The molecule has 1 aliphatic heterocycles. The molecule has 1 N–H and O–H groups in total. The molecule has 1 aliphatic rings. The molecule has 2 atom stereocenters. The van der Waals surface area contributed by atoms with Gasteiger partial charge in [0.2, 0.25) is 5.91 Å². The second-order valence-electron chi connectivity index (χ2n) is 6.57. The van der Waals surface area contributed by atoms with Crippen molar-refractivity contribution in [3.63, 3.8) is 0 Å². The highest BCUT2D eigenvalue weighted by atomic mass is 16.2. The number of pyridine rings is 1. The zero-order chi connectivity index (χ0) is 18.8. The van der Waals surface area contributed by atoms with Crippen LogP contribution in [0.25, 0.3) is 0 Å². The molecule has 27 heavy (non-hydrogen) atoms. The number of nitrogens with zero attached hydrogens (tertiary/aromatic N) is 2. The Hall–Kier alpha value is -3.47. The van der Waals surface area contributed by atoms with Crippen molar-refractivity contribution in [2.24, 2.45) is 0 Å². The van der Waals surface area contributed by atoms with E-state index in [9.17, 15) is 9.59 Å². The number of carbonyl (C=O) groups excluding carboxylic acids is 2. The first-order chi connectivity index (χ1) is 13.2. The molecule has 5 heteroatoms. The van der Waals surface area contributed by atoms with Gasteiger partial charge in [-0.05, 0) is 29.3 Å². The molecule has 0 spiro atoms. The lowest BCUT2D eigenvalue weighted by atomic mass is 9.79. The van der Waals surface area contributed by atoms with Crippen LogP contribution in [0, 0.1) is 0 Å². The Balaban J connectivity index is 1.81. The summed E-state index contributed by atoms with van der Waals surface area (Å²) in [5.74, 6) is -0.764.